The highest BCUT2D eigenvalue weighted by Gasteiger charge is 2.46. The van der Waals surface area contributed by atoms with E-state index >= 15 is 0 Å². The van der Waals surface area contributed by atoms with Gasteiger partial charge in [0.2, 0.25) is 11.8 Å². The summed E-state index contributed by atoms with van der Waals surface area (Å²) in [5.41, 5.74) is 0.255. The highest BCUT2D eigenvalue weighted by Crippen LogP contribution is 2.35. The molecule has 13 nitrogen and oxygen atoms in total. The summed E-state index contributed by atoms with van der Waals surface area (Å²) < 4.78 is 23.6. The summed E-state index contributed by atoms with van der Waals surface area (Å²) in [6.07, 6.45) is 1.84. The standard InChI is InChI=1S/C42H46N4O9/c1-41(2,3)55-40(51)44-34-21-26-12-11-15-29(20-26)53-19-10-9-18-42(4,39(49)50)45-37(47)35-23-30(25-46(35)38(34)48)54-36-24-32(27-13-7-6-8-14-27)43-33-22-28(52-5)16-17-31(33)36/h6-17,20,22,24,30,34-35H,18-19,21,23,25H2,1-5H3,(H,44,51)(H,45,47)(H,49,50)/b10-9-/t30-,34+,35+,42-/m1/s1. The summed E-state index contributed by atoms with van der Waals surface area (Å²) >= 11 is 0. The van der Waals surface area contributed by atoms with Crippen molar-refractivity contribution in [1.29, 1.82) is 0 Å². The van der Waals surface area contributed by atoms with E-state index in [4.69, 9.17) is 23.9 Å². The lowest BCUT2D eigenvalue weighted by Gasteiger charge is -2.32. The molecule has 0 saturated carbocycles. The van der Waals surface area contributed by atoms with Crippen molar-refractivity contribution in [1.82, 2.24) is 20.5 Å². The van der Waals surface area contributed by atoms with E-state index in [1.165, 1.54) is 11.8 Å². The first-order chi connectivity index (χ1) is 26.2. The number of nitrogens with zero attached hydrogens (tertiary/aromatic N) is 2. The number of fused-ring (bicyclic) bond motifs is 4. The number of hydrogen-bond donors (Lipinski definition) is 3. The van der Waals surface area contributed by atoms with Gasteiger partial charge in [0.25, 0.3) is 0 Å². The molecule has 55 heavy (non-hydrogen) atoms. The van der Waals surface area contributed by atoms with Gasteiger partial charge >= 0.3 is 12.1 Å². The van der Waals surface area contributed by atoms with E-state index in [0.29, 0.717) is 39.4 Å². The molecule has 0 aliphatic carbocycles. The van der Waals surface area contributed by atoms with E-state index in [9.17, 15) is 24.3 Å². The van der Waals surface area contributed by atoms with Gasteiger partial charge in [0.15, 0.2) is 0 Å². The summed E-state index contributed by atoms with van der Waals surface area (Å²) in [6, 6.07) is 21.7. The van der Waals surface area contributed by atoms with Crippen LogP contribution in [-0.2, 0) is 25.5 Å². The Labute approximate surface area is 319 Å². The van der Waals surface area contributed by atoms with Crippen LogP contribution in [0.3, 0.4) is 0 Å². The number of carbonyl (C=O) groups excluding carboxylic acids is 3. The Kier molecular flexibility index (Phi) is 11.3. The minimum Gasteiger partial charge on any atom is -0.497 e. The molecule has 2 aliphatic heterocycles. The molecule has 4 atom stereocenters. The number of aromatic nitrogens is 1. The van der Waals surface area contributed by atoms with Crippen molar-refractivity contribution in [2.75, 3.05) is 20.3 Å². The van der Waals surface area contributed by atoms with Gasteiger partial charge < -0.3 is 39.6 Å². The number of carboxylic acids is 1. The van der Waals surface area contributed by atoms with Gasteiger partial charge in [-0.25, -0.2) is 14.6 Å². The topological polar surface area (TPSA) is 166 Å². The van der Waals surface area contributed by atoms with Gasteiger partial charge in [-0.2, -0.15) is 0 Å². The highest BCUT2D eigenvalue weighted by atomic mass is 16.6. The Morgan fingerprint density at radius 1 is 1.02 bits per heavy atom. The molecule has 3 amide bonds. The van der Waals surface area contributed by atoms with Crippen molar-refractivity contribution in [2.45, 2.75) is 76.3 Å². The molecule has 3 N–H and O–H groups in total. The van der Waals surface area contributed by atoms with Crippen molar-refractivity contribution < 1.29 is 43.2 Å². The molecule has 4 aromatic rings. The average Bonchev–Trinajstić information content (AvgIpc) is 3.57. The van der Waals surface area contributed by atoms with Crippen molar-refractivity contribution in [3.8, 4) is 28.5 Å². The molecule has 2 bridgehead atoms. The Morgan fingerprint density at radius 2 is 1.80 bits per heavy atom. The van der Waals surface area contributed by atoms with Crippen LogP contribution in [0.2, 0.25) is 0 Å². The minimum absolute atomic E-state index is 0.0340. The second-order valence-corrected chi connectivity index (χ2v) is 14.9. The number of rotatable bonds is 6. The van der Waals surface area contributed by atoms with Gasteiger partial charge in [-0.1, -0.05) is 54.6 Å². The fraction of sp³-hybridized carbons (Fsp3) is 0.357. The SMILES string of the molecule is COc1ccc2c(O[C@@H]3C[C@H]4C(=O)N[C@@](C)(C(=O)O)C/C=C\COc5cccc(c5)C[C@H](NC(=O)OC(C)(C)C)C(=O)N4C3)cc(-c3ccccc3)nc2c1. The maximum absolute atomic E-state index is 14.7. The third kappa shape index (κ3) is 9.34. The smallest absolute Gasteiger partial charge is 0.408 e. The van der Waals surface area contributed by atoms with Crippen LogP contribution in [0.4, 0.5) is 4.79 Å². The first-order valence-electron chi connectivity index (χ1n) is 18.1. The number of carboxylic acid groups (broad SMARTS) is 1. The predicted molar refractivity (Wildman–Crippen MR) is 205 cm³/mol. The van der Waals surface area contributed by atoms with Crippen LogP contribution in [0.1, 0.15) is 46.1 Å². The number of hydrogen-bond acceptors (Lipinski definition) is 9. The van der Waals surface area contributed by atoms with Gasteiger partial charge in [0, 0.05) is 35.9 Å². The molecule has 13 heteroatoms. The quantitative estimate of drug-likeness (QED) is 0.209. The molecule has 0 radical (unpaired) electrons. The van der Waals surface area contributed by atoms with Gasteiger partial charge in [-0.15, -0.1) is 0 Å². The van der Waals surface area contributed by atoms with Gasteiger partial charge in [0.1, 0.15) is 53.2 Å². The number of ether oxygens (including phenoxy) is 4. The van der Waals surface area contributed by atoms with Crippen LogP contribution < -0.4 is 24.8 Å². The molecule has 1 aromatic heterocycles. The monoisotopic (exact) mass is 750 g/mol. The van der Waals surface area contributed by atoms with E-state index in [1.54, 1.807) is 70.4 Å². The second kappa shape index (κ2) is 16.1. The van der Waals surface area contributed by atoms with Crippen LogP contribution >= 0.6 is 0 Å². The summed E-state index contributed by atoms with van der Waals surface area (Å²) in [6.45, 7) is 6.66. The number of carbonyl (C=O) groups is 4. The normalized spacial score (nSPS) is 22.5. The van der Waals surface area contributed by atoms with Crippen molar-refractivity contribution in [3.05, 3.63) is 96.6 Å². The van der Waals surface area contributed by atoms with Crippen LogP contribution in [0.25, 0.3) is 22.2 Å². The maximum Gasteiger partial charge on any atom is 0.408 e. The summed E-state index contributed by atoms with van der Waals surface area (Å²) in [5.74, 6) is -0.880. The zero-order valence-corrected chi connectivity index (χ0v) is 31.5. The minimum atomic E-state index is -1.71. The van der Waals surface area contributed by atoms with Gasteiger partial charge in [-0.3, -0.25) is 9.59 Å². The lowest BCUT2D eigenvalue weighted by atomic mass is 9.96. The van der Waals surface area contributed by atoms with Gasteiger partial charge in [-0.05, 0) is 63.9 Å². The number of pyridine rings is 1. The Morgan fingerprint density at radius 3 is 2.53 bits per heavy atom. The zero-order valence-electron chi connectivity index (χ0n) is 31.5. The number of methoxy groups -OCH3 is 1. The second-order valence-electron chi connectivity index (χ2n) is 14.9. The van der Waals surface area contributed by atoms with Crippen molar-refractivity contribution in [2.24, 2.45) is 0 Å². The molecule has 1 saturated heterocycles. The molecule has 288 valence electrons. The third-order valence-electron chi connectivity index (χ3n) is 9.43. The summed E-state index contributed by atoms with van der Waals surface area (Å²) in [7, 11) is 1.57. The van der Waals surface area contributed by atoms with Gasteiger partial charge in [0.05, 0.1) is 24.9 Å². The molecular formula is C42H46N4O9. The Balaban J connectivity index is 1.40. The average molecular weight is 751 g/mol. The largest absolute Gasteiger partial charge is 0.497 e. The lowest BCUT2D eigenvalue weighted by Crippen LogP contribution is -2.59. The van der Waals surface area contributed by atoms with E-state index in [-0.39, 0.29) is 32.4 Å². The molecule has 0 spiro atoms. The molecule has 0 unspecified atom stereocenters. The molecule has 6 rings (SSSR count). The zero-order chi connectivity index (χ0) is 39.3. The number of aliphatic carboxylic acids is 1. The van der Waals surface area contributed by atoms with Crippen LogP contribution in [0.5, 0.6) is 17.2 Å². The Hall–Kier alpha value is -6.11. The fourth-order valence-corrected chi connectivity index (χ4v) is 6.64. The molecule has 3 heterocycles. The van der Waals surface area contributed by atoms with Crippen molar-refractivity contribution in [3.63, 3.8) is 0 Å². The summed E-state index contributed by atoms with van der Waals surface area (Å²) in [5, 5.41) is 16.4. The number of alkyl carbamates (subject to hydrolysis) is 1. The maximum atomic E-state index is 14.7. The van der Waals surface area contributed by atoms with Crippen LogP contribution in [0, 0.1) is 0 Å². The lowest BCUT2D eigenvalue weighted by molar-refractivity contribution is -0.148. The number of benzene rings is 3. The fourth-order valence-electron chi connectivity index (χ4n) is 6.64. The van der Waals surface area contributed by atoms with Crippen LogP contribution in [-0.4, -0.2) is 88.5 Å². The van der Waals surface area contributed by atoms with E-state index in [0.717, 1.165) is 5.56 Å². The first-order valence-corrected chi connectivity index (χ1v) is 18.1. The van der Waals surface area contributed by atoms with Crippen molar-refractivity contribution >= 4 is 34.8 Å². The molecule has 2 aliphatic rings. The summed E-state index contributed by atoms with van der Waals surface area (Å²) in [4.78, 5) is 60.9. The van der Waals surface area contributed by atoms with E-state index < -0.39 is 53.2 Å². The number of amides is 3. The molecular weight excluding hydrogens is 704 g/mol. The molecule has 3 aromatic carbocycles. The van der Waals surface area contributed by atoms with E-state index in [2.05, 4.69) is 10.6 Å². The third-order valence-corrected chi connectivity index (χ3v) is 9.43. The first kappa shape index (κ1) is 38.6. The number of nitrogens with one attached hydrogen (secondary N) is 2. The van der Waals surface area contributed by atoms with E-state index in [1.807, 2.05) is 48.5 Å². The highest BCUT2D eigenvalue weighted by molar-refractivity contribution is 5.95. The predicted octanol–water partition coefficient (Wildman–Crippen LogP) is 5.69. The molecule has 1 fully saturated rings. The Bertz CT molecular complexity index is 2100. The van der Waals surface area contributed by atoms with Crippen LogP contribution in [0.15, 0.2) is 91.0 Å².